The zero-order valence-corrected chi connectivity index (χ0v) is 13.6. The lowest BCUT2D eigenvalue weighted by Gasteiger charge is -2.24. The van der Waals surface area contributed by atoms with Gasteiger partial charge in [0.15, 0.2) is 0 Å². The van der Waals surface area contributed by atoms with Crippen LogP contribution >= 0.6 is 11.8 Å². The number of anilines is 1. The number of aryl methyl sites for hydroxylation is 1. The molecule has 2 aromatic rings. The number of carbonyl (C=O) groups is 2. The van der Waals surface area contributed by atoms with Crippen LogP contribution in [0.1, 0.15) is 17.9 Å². The maximum Gasteiger partial charge on any atom is 0.228 e. The predicted molar refractivity (Wildman–Crippen MR) is 84.9 cm³/mol. The van der Waals surface area contributed by atoms with Gasteiger partial charge in [-0.1, -0.05) is 11.8 Å². The second-order valence-corrected chi connectivity index (χ2v) is 6.32. The van der Waals surface area contributed by atoms with Crippen LogP contribution in [-0.2, 0) is 16.6 Å². The van der Waals surface area contributed by atoms with Crippen molar-refractivity contribution in [1.29, 1.82) is 0 Å². The minimum absolute atomic E-state index is 0.00261. The minimum Gasteiger partial charge on any atom is -0.355 e. The SMILES string of the molecule is Cn1nnnc1SCCNC(=O)[C@@H]1CC(=O)Nc2ccc(F)cc21. The van der Waals surface area contributed by atoms with Crippen molar-refractivity contribution in [1.82, 2.24) is 25.5 Å². The van der Waals surface area contributed by atoms with E-state index in [1.165, 1.54) is 34.6 Å². The molecule has 1 atom stereocenters. The molecule has 0 radical (unpaired) electrons. The highest BCUT2D eigenvalue weighted by Gasteiger charge is 2.30. The number of fused-ring (bicyclic) bond motifs is 1. The van der Waals surface area contributed by atoms with Gasteiger partial charge in [0.25, 0.3) is 0 Å². The van der Waals surface area contributed by atoms with Crippen molar-refractivity contribution < 1.29 is 14.0 Å². The second kappa shape index (κ2) is 6.95. The molecule has 2 amide bonds. The van der Waals surface area contributed by atoms with E-state index in [-0.39, 0.29) is 18.2 Å². The smallest absolute Gasteiger partial charge is 0.228 e. The Labute approximate surface area is 141 Å². The fraction of sp³-hybridized carbons (Fsp3) is 0.357. The molecule has 0 bridgehead atoms. The summed E-state index contributed by atoms with van der Waals surface area (Å²) in [7, 11) is 1.73. The molecule has 0 saturated carbocycles. The molecule has 1 aromatic carbocycles. The number of amides is 2. The molecule has 2 heterocycles. The maximum absolute atomic E-state index is 13.5. The summed E-state index contributed by atoms with van der Waals surface area (Å²) in [6.07, 6.45) is 0.00261. The highest BCUT2D eigenvalue weighted by molar-refractivity contribution is 7.99. The van der Waals surface area contributed by atoms with Gasteiger partial charge in [-0.2, -0.15) is 0 Å². The summed E-state index contributed by atoms with van der Waals surface area (Å²) >= 11 is 1.40. The summed E-state index contributed by atoms with van der Waals surface area (Å²) in [6, 6.07) is 4.02. The Morgan fingerprint density at radius 1 is 1.54 bits per heavy atom. The van der Waals surface area contributed by atoms with E-state index >= 15 is 0 Å². The van der Waals surface area contributed by atoms with Crippen LogP contribution in [0.5, 0.6) is 0 Å². The molecule has 1 aliphatic heterocycles. The van der Waals surface area contributed by atoms with Gasteiger partial charge in [0.05, 0.1) is 5.92 Å². The molecule has 24 heavy (non-hydrogen) atoms. The van der Waals surface area contributed by atoms with Crippen molar-refractivity contribution in [3.63, 3.8) is 0 Å². The molecular weight excluding hydrogens is 335 g/mol. The van der Waals surface area contributed by atoms with Gasteiger partial charge < -0.3 is 10.6 Å². The Morgan fingerprint density at radius 2 is 2.38 bits per heavy atom. The topological polar surface area (TPSA) is 102 Å². The number of rotatable bonds is 5. The number of hydrogen-bond acceptors (Lipinski definition) is 6. The summed E-state index contributed by atoms with van der Waals surface area (Å²) in [6.45, 7) is 0.388. The van der Waals surface area contributed by atoms with Crippen molar-refractivity contribution >= 4 is 29.3 Å². The van der Waals surface area contributed by atoms with E-state index in [1.54, 1.807) is 7.05 Å². The normalized spacial score (nSPS) is 16.4. The second-order valence-electron chi connectivity index (χ2n) is 5.26. The third-order valence-electron chi connectivity index (χ3n) is 3.58. The van der Waals surface area contributed by atoms with Crippen LogP contribution in [0.3, 0.4) is 0 Å². The third kappa shape index (κ3) is 3.53. The monoisotopic (exact) mass is 350 g/mol. The fourth-order valence-electron chi connectivity index (χ4n) is 2.45. The van der Waals surface area contributed by atoms with Crippen molar-refractivity contribution in [3.05, 3.63) is 29.6 Å². The zero-order chi connectivity index (χ0) is 17.1. The van der Waals surface area contributed by atoms with Gasteiger partial charge in [0, 0.05) is 31.5 Å². The predicted octanol–water partition coefficient (Wildman–Crippen LogP) is 0.683. The molecule has 0 spiro atoms. The largest absolute Gasteiger partial charge is 0.355 e. The molecule has 1 aliphatic rings. The van der Waals surface area contributed by atoms with E-state index in [1.807, 2.05) is 0 Å². The molecule has 126 valence electrons. The number of aromatic nitrogens is 4. The van der Waals surface area contributed by atoms with Gasteiger partial charge in [-0.15, -0.1) is 5.10 Å². The van der Waals surface area contributed by atoms with Gasteiger partial charge in [0.2, 0.25) is 17.0 Å². The van der Waals surface area contributed by atoms with Gasteiger partial charge in [0.1, 0.15) is 5.82 Å². The molecule has 0 saturated heterocycles. The maximum atomic E-state index is 13.5. The molecule has 0 fully saturated rings. The molecule has 8 nitrogen and oxygen atoms in total. The molecule has 10 heteroatoms. The van der Waals surface area contributed by atoms with Crippen molar-refractivity contribution in [3.8, 4) is 0 Å². The van der Waals surface area contributed by atoms with E-state index in [4.69, 9.17) is 0 Å². The number of nitrogens with one attached hydrogen (secondary N) is 2. The van der Waals surface area contributed by atoms with E-state index in [0.717, 1.165) is 0 Å². The lowest BCUT2D eigenvalue weighted by molar-refractivity contribution is -0.126. The summed E-state index contributed by atoms with van der Waals surface area (Å²) in [5.41, 5.74) is 0.976. The van der Waals surface area contributed by atoms with Crippen molar-refractivity contribution in [2.45, 2.75) is 17.5 Å². The van der Waals surface area contributed by atoms with Gasteiger partial charge in [-0.25, -0.2) is 9.07 Å². The number of halogens is 1. The summed E-state index contributed by atoms with van der Waals surface area (Å²) < 4.78 is 15.0. The van der Waals surface area contributed by atoms with Crippen LogP contribution in [0, 0.1) is 5.82 Å². The Bertz CT molecular complexity index is 780. The number of nitrogens with zero attached hydrogens (tertiary/aromatic N) is 4. The first-order valence-corrected chi connectivity index (χ1v) is 8.25. The van der Waals surface area contributed by atoms with E-state index in [9.17, 15) is 14.0 Å². The standard InChI is InChI=1S/C14H15FN6O2S/c1-21-14(18-19-20-21)24-5-4-16-13(23)10-7-12(22)17-11-3-2-8(15)6-9(10)11/h2-3,6,10H,4-5,7H2,1H3,(H,16,23)(H,17,22)/t10-/m1/s1. The number of hydrogen-bond donors (Lipinski definition) is 2. The number of benzene rings is 1. The van der Waals surface area contributed by atoms with Gasteiger partial charge >= 0.3 is 0 Å². The van der Waals surface area contributed by atoms with E-state index in [0.29, 0.717) is 28.7 Å². The summed E-state index contributed by atoms with van der Waals surface area (Å²) in [5.74, 6) is -1.10. The molecule has 0 unspecified atom stereocenters. The minimum atomic E-state index is -0.689. The number of carbonyl (C=O) groups excluding carboxylic acids is 2. The average Bonchev–Trinajstić information content (AvgIpc) is 2.96. The first-order valence-electron chi connectivity index (χ1n) is 7.27. The Morgan fingerprint density at radius 3 is 3.12 bits per heavy atom. The highest BCUT2D eigenvalue weighted by atomic mass is 32.2. The van der Waals surface area contributed by atoms with Crippen molar-refractivity contribution in [2.24, 2.45) is 7.05 Å². The average molecular weight is 350 g/mol. The molecular formula is C14H15FN6O2S. The van der Waals surface area contributed by atoms with Gasteiger partial charge in [-0.3, -0.25) is 9.59 Å². The Hall–Kier alpha value is -2.49. The fourth-order valence-corrected chi connectivity index (χ4v) is 3.15. The summed E-state index contributed by atoms with van der Waals surface area (Å²) in [4.78, 5) is 24.1. The van der Waals surface area contributed by atoms with Crippen molar-refractivity contribution in [2.75, 3.05) is 17.6 Å². The quantitative estimate of drug-likeness (QED) is 0.607. The van der Waals surface area contributed by atoms with E-state index < -0.39 is 11.7 Å². The molecule has 3 rings (SSSR count). The van der Waals surface area contributed by atoms with Crippen LogP contribution in [0.25, 0.3) is 0 Å². The molecule has 0 aliphatic carbocycles. The van der Waals surface area contributed by atoms with E-state index in [2.05, 4.69) is 26.2 Å². The van der Waals surface area contributed by atoms with Gasteiger partial charge in [-0.05, 0) is 34.2 Å². The van der Waals surface area contributed by atoms with Crippen LogP contribution in [-0.4, -0.2) is 44.3 Å². The lowest BCUT2D eigenvalue weighted by Crippen LogP contribution is -2.36. The van der Waals surface area contributed by atoms with Crippen LogP contribution in [0.15, 0.2) is 23.4 Å². The first-order chi connectivity index (χ1) is 11.5. The highest BCUT2D eigenvalue weighted by Crippen LogP contribution is 2.32. The van der Waals surface area contributed by atoms with Crippen LogP contribution in [0.2, 0.25) is 0 Å². The Balaban J connectivity index is 1.60. The summed E-state index contributed by atoms with van der Waals surface area (Å²) in [5, 5.41) is 17.1. The first kappa shape index (κ1) is 16.4. The van der Waals surface area contributed by atoms with Crippen LogP contribution in [0.4, 0.5) is 10.1 Å². The Kier molecular flexibility index (Phi) is 4.74. The zero-order valence-electron chi connectivity index (χ0n) is 12.8. The molecule has 2 N–H and O–H groups in total. The van der Waals surface area contributed by atoms with Crippen LogP contribution < -0.4 is 10.6 Å². The number of thioether (sulfide) groups is 1. The number of tetrazole rings is 1. The molecule has 1 aromatic heterocycles. The lowest BCUT2D eigenvalue weighted by atomic mass is 9.89. The third-order valence-corrected chi connectivity index (χ3v) is 4.60.